The summed E-state index contributed by atoms with van der Waals surface area (Å²) in [6.45, 7) is 12.3. The van der Waals surface area contributed by atoms with Gasteiger partial charge in [0.25, 0.3) is 0 Å². The fourth-order valence-electron chi connectivity index (χ4n) is 8.18. The maximum atomic E-state index is 5.22. The molecule has 0 saturated heterocycles. The third-order valence-corrected chi connectivity index (χ3v) is 10.9. The highest BCUT2D eigenvalue weighted by Crippen LogP contribution is 2.39. The summed E-state index contributed by atoms with van der Waals surface area (Å²) in [7, 11) is 0. The van der Waals surface area contributed by atoms with Crippen molar-refractivity contribution in [2.75, 3.05) is 0 Å². The Morgan fingerprint density at radius 1 is 0.532 bits per heavy atom. The molecular weight excluding hydrogens is 755 g/mol. The summed E-state index contributed by atoms with van der Waals surface area (Å²) in [4.78, 5) is 15.3. The lowest BCUT2D eigenvalue weighted by Gasteiger charge is -2.12. The minimum Gasteiger partial charge on any atom is -0.340 e. The maximum absolute atomic E-state index is 5.22. The van der Waals surface area contributed by atoms with E-state index in [4.69, 9.17) is 15.0 Å². The van der Waals surface area contributed by atoms with E-state index in [2.05, 4.69) is 173 Å². The number of pyridine rings is 1. The number of nitrogens with zero attached hydrogens (tertiary/aromatic N) is 5. The lowest BCUT2D eigenvalue weighted by Crippen LogP contribution is -2.03. The highest BCUT2D eigenvalue weighted by atomic mass is 15.2. The van der Waals surface area contributed by atoms with Crippen LogP contribution in [0.5, 0.6) is 0 Å². The van der Waals surface area contributed by atoms with Crippen LogP contribution >= 0.6 is 0 Å². The van der Waals surface area contributed by atoms with Gasteiger partial charge < -0.3 is 4.57 Å². The maximum Gasteiger partial charge on any atom is 0.235 e. The summed E-state index contributed by atoms with van der Waals surface area (Å²) in [5, 5.41) is 5.91. The summed E-state index contributed by atoms with van der Waals surface area (Å²) in [5.74, 6) is 0.648. The van der Waals surface area contributed by atoms with Gasteiger partial charge in [0.2, 0.25) is 5.95 Å². The molecule has 304 valence electrons. The first-order valence-corrected chi connectivity index (χ1v) is 21.5. The number of para-hydroxylation sites is 1. The van der Waals surface area contributed by atoms with Crippen LogP contribution in [-0.2, 0) is 6.54 Å². The molecule has 0 unspecified atom stereocenters. The molecule has 0 fully saturated rings. The zero-order valence-electron chi connectivity index (χ0n) is 35.9. The molecule has 10 rings (SSSR count). The molecule has 4 heterocycles. The van der Waals surface area contributed by atoms with Crippen molar-refractivity contribution < 1.29 is 0 Å². The van der Waals surface area contributed by atoms with Gasteiger partial charge in [0.05, 0.1) is 33.5 Å². The van der Waals surface area contributed by atoms with E-state index >= 15 is 0 Å². The summed E-state index contributed by atoms with van der Waals surface area (Å²) in [6.07, 6.45) is 16.9. The standard InChI is InChI=1S/C50H37N5.C5H8.C2H6/c1-2-3-4-5-14-30-54-46-28-24-36-20-15-29-51-49(36)48(46)40-26-23-38(32-47(40)54)37-25-27-45-41(31-37)39-21-12-13-22-44(39)55(45)50-52-42(34-16-8-6-9-17-34)33-43(53-50)35-18-10-7-11-19-35;1-3-5-4-2;1-2/h2-13,15-29,31-33H,14,30H2,1H3;3-5H,1H2,2H3;1-2H3/b3-2-,5-4-;5-4-;. The van der Waals surface area contributed by atoms with E-state index in [0.29, 0.717) is 5.95 Å². The second-order valence-corrected chi connectivity index (χ2v) is 14.7. The third kappa shape index (κ3) is 8.13. The summed E-state index contributed by atoms with van der Waals surface area (Å²) in [5.41, 5.74) is 11.8. The fraction of sp³-hybridized carbons (Fsp3) is 0.105. The number of hydrogen-bond donors (Lipinski definition) is 0. The molecule has 0 atom stereocenters. The van der Waals surface area contributed by atoms with Gasteiger partial charge in [-0.15, -0.1) is 0 Å². The van der Waals surface area contributed by atoms with E-state index in [-0.39, 0.29) is 0 Å². The summed E-state index contributed by atoms with van der Waals surface area (Å²) < 4.78 is 4.68. The third-order valence-electron chi connectivity index (χ3n) is 10.9. The lowest BCUT2D eigenvalue weighted by molar-refractivity contribution is 0.762. The number of fused-ring (bicyclic) bond motifs is 8. The molecule has 0 aliphatic carbocycles. The van der Waals surface area contributed by atoms with Crippen LogP contribution in [0, 0.1) is 0 Å². The quantitative estimate of drug-likeness (QED) is 0.137. The first-order chi connectivity index (χ1) is 30.7. The predicted molar refractivity (Wildman–Crippen MR) is 266 cm³/mol. The zero-order valence-corrected chi connectivity index (χ0v) is 35.9. The van der Waals surface area contributed by atoms with Gasteiger partial charge in [0, 0.05) is 56.3 Å². The highest BCUT2D eigenvalue weighted by Gasteiger charge is 2.19. The Hall–Kier alpha value is -7.63. The van der Waals surface area contributed by atoms with E-state index in [1.165, 1.54) is 27.4 Å². The SMILES string of the molecule is C/C=C\C=C/CCn1c2cc(-c3ccc4c(c3)c3ccccc3n4-c3nc(-c4ccccc4)cc(-c4ccccc4)n3)ccc2c2c3ncccc3ccc21.C=C/C=C\C.CC. The van der Waals surface area contributed by atoms with Crippen molar-refractivity contribution in [3.8, 4) is 39.6 Å². The summed E-state index contributed by atoms with van der Waals surface area (Å²) in [6, 6.07) is 53.7. The van der Waals surface area contributed by atoms with Crippen molar-refractivity contribution in [1.82, 2.24) is 24.1 Å². The van der Waals surface area contributed by atoms with Crippen LogP contribution in [0.4, 0.5) is 0 Å². The van der Waals surface area contributed by atoms with Crippen molar-refractivity contribution in [3.63, 3.8) is 0 Å². The number of aryl methyl sites for hydroxylation is 1. The van der Waals surface area contributed by atoms with Gasteiger partial charge in [0.1, 0.15) is 0 Å². The van der Waals surface area contributed by atoms with Gasteiger partial charge in [-0.2, -0.15) is 0 Å². The topological polar surface area (TPSA) is 48.5 Å². The Morgan fingerprint density at radius 2 is 1.18 bits per heavy atom. The molecular formula is C57H51N5. The minimum atomic E-state index is 0.648. The second kappa shape index (κ2) is 19.2. The van der Waals surface area contributed by atoms with Crippen molar-refractivity contribution in [3.05, 3.63) is 207 Å². The molecule has 0 aliphatic rings. The highest BCUT2D eigenvalue weighted by molar-refractivity contribution is 6.20. The molecule has 5 nitrogen and oxygen atoms in total. The molecule has 0 radical (unpaired) electrons. The van der Waals surface area contributed by atoms with E-state index in [9.17, 15) is 0 Å². The minimum absolute atomic E-state index is 0.648. The van der Waals surface area contributed by atoms with Gasteiger partial charge in [-0.25, -0.2) is 9.97 Å². The van der Waals surface area contributed by atoms with Gasteiger partial charge in [-0.3, -0.25) is 9.55 Å². The summed E-state index contributed by atoms with van der Waals surface area (Å²) >= 11 is 0. The smallest absolute Gasteiger partial charge is 0.235 e. The van der Waals surface area contributed by atoms with E-state index in [0.717, 1.165) is 73.8 Å². The predicted octanol–water partition coefficient (Wildman–Crippen LogP) is 15.5. The van der Waals surface area contributed by atoms with Crippen molar-refractivity contribution >= 4 is 54.5 Å². The Balaban J connectivity index is 0.000000708. The largest absolute Gasteiger partial charge is 0.340 e. The molecule has 5 heteroatoms. The first-order valence-electron chi connectivity index (χ1n) is 21.5. The molecule has 0 N–H and O–H groups in total. The molecule has 0 aliphatic heterocycles. The Morgan fingerprint density at radius 3 is 1.87 bits per heavy atom. The van der Waals surface area contributed by atoms with Gasteiger partial charge in [-0.05, 0) is 73.9 Å². The molecule has 62 heavy (non-hydrogen) atoms. The van der Waals surface area contributed by atoms with Crippen LogP contribution in [0.3, 0.4) is 0 Å². The Bertz CT molecular complexity index is 3180. The molecule has 0 bridgehead atoms. The van der Waals surface area contributed by atoms with Crippen molar-refractivity contribution in [2.24, 2.45) is 0 Å². The number of aromatic nitrogens is 5. The first kappa shape index (κ1) is 41.1. The molecule has 6 aromatic carbocycles. The Kier molecular flexibility index (Phi) is 12.7. The number of benzene rings is 6. The van der Waals surface area contributed by atoms with Crippen LogP contribution in [0.25, 0.3) is 94.1 Å². The van der Waals surface area contributed by atoms with Gasteiger partial charge >= 0.3 is 0 Å². The molecule has 10 aromatic rings. The van der Waals surface area contributed by atoms with Crippen LogP contribution in [0.2, 0.25) is 0 Å². The molecule has 0 amide bonds. The number of allylic oxidation sites excluding steroid dienone is 7. The Labute approximate surface area is 364 Å². The average molecular weight is 806 g/mol. The van der Waals surface area contributed by atoms with Crippen molar-refractivity contribution in [1.29, 1.82) is 0 Å². The fourth-order valence-corrected chi connectivity index (χ4v) is 8.18. The normalized spacial score (nSPS) is 11.5. The van der Waals surface area contributed by atoms with Crippen molar-refractivity contribution in [2.45, 2.75) is 40.7 Å². The van der Waals surface area contributed by atoms with Crippen LogP contribution in [0.1, 0.15) is 34.1 Å². The molecule has 4 aromatic heterocycles. The average Bonchev–Trinajstić information content (AvgIpc) is 3.85. The van der Waals surface area contributed by atoms with E-state index in [1.54, 1.807) is 6.08 Å². The van der Waals surface area contributed by atoms with Crippen LogP contribution in [0.15, 0.2) is 207 Å². The number of rotatable bonds is 9. The van der Waals surface area contributed by atoms with Crippen LogP contribution < -0.4 is 0 Å². The number of hydrogen-bond acceptors (Lipinski definition) is 3. The monoisotopic (exact) mass is 805 g/mol. The van der Waals surface area contributed by atoms with Gasteiger partial charge in [0.15, 0.2) is 0 Å². The molecule has 0 saturated carbocycles. The van der Waals surface area contributed by atoms with Gasteiger partial charge in [-0.1, -0.05) is 172 Å². The lowest BCUT2D eigenvalue weighted by atomic mass is 10.0. The second-order valence-electron chi connectivity index (χ2n) is 14.7. The van der Waals surface area contributed by atoms with E-state index < -0.39 is 0 Å². The zero-order chi connectivity index (χ0) is 42.8. The van der Waals surface area contributed by atoms with Crippen LogP contribution in [-0.4, -0.2) is 24.1 Å². The molecule has 0 spiro atoms. The van der Waals surface area contributed by atoms with E-state index in [1.807, 2.05) is 64.2 Å².